The highest BCUT2D eigenvalue weighted by Gasteiger charge is 2.65. The second-order valence-corrected chi connectivity index (χ2v) is 6.94. The van der Waals surface area contributed by atoms with Crippen LogP contribution in [0.1, 0.15) is 45.1 Å². The first-order valence-corrected chi connectivity index (χ1v) is 8.33. The van der Waals surface area contributed by atoms with Crippen molar-refractivity contribution in [3.63, 3.8) is 0 Å². The van der Waals surface area contributed by atoms with Crippen molar-refractivity contribution in [2.75, 3.05) is 0 Å². The Morgan fingerprint density at radius 3 is 2.68 bits per heavy atom. The van der Waals surface area contributed by atoms with E-state index in [0.717, 1.165) is 28.2 Å². The number of urea groups is 1. The highest BCUT2D eigenvalue weighted by molar-refractivity contribution is 6.07. The Morgan fingerprint density at radius 2 is 2.04 bits per heavy atom. The molecule has 4 N–H and O–H groups in total. The summed E-state index contributed by atoms with van der Waals surface area (Å²) in [4.78, 5) is 11.1. The molecule has 0 saturated heterocycles. The van der Waals surface area contributed by atoms with Crippen LogP contribution in [0.2, 0.25) is 0 Å². The first-order valence-electron chi connectivity index (χ1n) is 8.33. The lowest BCUT2D eigenvalue weighted by molar-refractivity contribution is -0.568. The number of rotatable bonds is 2. The second-order valence-electron chi connectivity index (χ2n) is 6.94. The maximum absolute atomic E-state index is 13.4. The fourth-order valence-electron chi connectivity index (χ4n) is 3.87. The fraction of sp³-hybridized carbons (Fsp3) is 0.471. The van der Waals surface area contributed by atoms with E-state index in [-0.39, 0.29) is 0 Å². The predicted octanol–water partition coefficient (Wildman–Crippen LogP) is 1.76. The molecule has 2 amide bonds. The van der Waals surface area contributed by atoms with Crippen LogP contribution in [0.25, 0.3) is 0 Å². The zero-order valence-corrected chi connectivity index (χ0v) is 14.4. The van der Waals surface area contributed by atoms with Crippen molar-refractivity contribution < 1.29 is 14.7 Å². The lowest BCUT2D eigenvalue weighted by Gasteiger charge is -2.38. The first kappa shape index (κ1) is 17.4. The molecule has 1 atom stereocenters. The standard InChI is InChI=1S/C17H23N5O3/c1-16(2)14(12-8-4-3-5-9-12)21(24)17(22(16)25)11-7-6-10-13(17)19-20-15(18)23/h3-5,8-9,25H,6-7,10-11H2,1-2H3,(H3,18,20,23). The van der Waals surface area contributed by atoms with Gasteiger partial charge < -0.3 is 16.1 Å². The Morgan fingerprint density at radius 1 is 1.36 bits per heavy atom. The topological polar surface area (TPSA) is 117 Å². The van der Waals surface area contributed by atoms with E-state index >= 15 is 0 Å². The maximum atomic E-state index is 13.4. The normalized spacial score (nSPS) is 27.9. The number of amides is 2. The highest BCUT2D eigenvalue weighted by Crippen LogP contribution is 2.42. The van der Waals surface area contributed by atoms with Gasteiger partial charge in [0, 0.05) is 12.0 Å². The summed E-state index contributed by atoms with van der Waals surface area (Å²) >= 11 is 0. The second kappa shape index (κ2) is 6.12. The highest BCUT2D eigenvalue weighted by atomic mass is 16.6. The molecule has 0 aromatic heterocycles. The zero-order chi connectivity index (χ0) is 18.2. The van der Waals surface area contributed by atoms with Gasteiger partial charge in [-0.25, -0.2) is 10.2 Å². The Balaban J connectivity index is 2.18. The minimum absolute atomic E-state index is 0.409. The Kier molecular flexibility index (Phi) is 4.26. The van der Waals surface area contributed by atoms with Crippen molar-refractivity contribution in [3.05, 3.63) is 41.1 Å². The van der Waals surface area contributed by atoms with Crippen molar-refractivity contribution in [1.82, 2.24) is 10.5 Å². The van der Waals surface area contributed by atoms with Crippen LogP contribution in [0.5, 0.6) is 0 Å². The molecular weight excluding hydrogens is 322 g/mol. The van der Waals surface area contributed by atoms with E-state index in [1.54, 1.807) is 13.8 Å². The van der Waals surface area contributed by atoms with Gasteiger partial charge in [-0.3, -0.25) is 0 Å². The van der Waals surface area contributed by atoms with E-state index in [1.165, 1.54) is 0 Å². The summed E-state index contributed by atoms with van der Waals surface area (Å²) in [5.41, 5.74) is 6.67. The molecule has 8 nitrogen and oxygen atoms in total. The number of carbonyl (C=O) groups excluding carboxylic acids is 1. The number of nitrogens with one attached hydrogen (secondary N) is 1. The summed E-state index contributed by atoms with van der Waals surface area (Å²) in [5, 5.41) is 29.6. The summed E-state index contributed by atoms with van der Waals surface area (Å²) in [7, 11) is 0. The molecule has 0 bridgehead atoms. The van der Waals surface area contributed by atoms with Crippen molar-refractivity contribution in [2.45, 2.75) is 50.7 Å². The minimum Gasteiger partial charge on any atom is -0.622 e. The van der Waals surface area contributed by atoms with Crippen LogP contribution in [0.3, 0.4) is 0 Å². The average Bonchev–Trinajstić information content (AvgIpc) is 2.73. The van der Waals surface area contributed by atoms with Crippen molar-refractivity contribution in [1.29, 1.82) is 0 Å². The van der Waals surface area contributed by atoms with E-state index in [1.807, 2.05) is 30.3 Å². The molecule has 1 aliphatic carbocycles. The number of benzene rings is 1. The zero-order valence-electron chi connectivity index (χ0n) is 14.4. The molecule has 1 unspecified atom stereocenters. The summed E-state index contributed by atoms with van der Waals surface area (Å²) in [6.45, 7) is 3.59. The van der Waals surface area contributed by atoms with Gasteiger partial charge in [0.2, 0.25) is 5.71 Å². The Hall–Kier alpha value is -2.45. The molecule has 8 heteroatoms. The molecule has 1 aromatic rings. The van der Waals surface area contributed by atoms with Crippen LogP contribution in [0.4, 0.5) is 4.79 Å². The number of carbonyl (C=O) groups is 1. The van der Waals surface area contributed by atoms with Crippen LogP contribution >= 0.6 is 0 Å². The van der Waals surface area contributed by atoms with E-state index in [2.05, 4.69) is 10.5 Å². The third-order valence-electron chi connectivity index (χ3n) is 5.00. The smallest absolute Gasteiger partial charge is 0.332 e. The van der Waals surface area contributed by atoms with E-state index in [0.29, 0.717) is 24.3 Å². The van der Waals surface area contributed by atoms with Gasteiger partial charge in [-0.2, -0.15) is 9.84 Å². The van der Waals surface area contributed by atoms with E-state index in [4.69, 9.17) is 5.73 Å². The number of hydroxylamine groups is 3. The van der Waals surface area contributed by atoms with Crippen molar-refractivity contribution >= 4 is 17.5 Å². The molecule has 1 aromatic carbocycles. The van der Waals surface area contributed by atoms with Gasteiger partial charge in [0.25, 0.3) is 5.66 Å². The SMILES string of the molecule is CC1(C)C(c2ccccc2)=[N+]([O-])C2(CCCCC2=NNC(N)=O)N1O. The van der Waals surface area contributed by atoms with E-state index in [9.17, 15) is 15.2 Å². The Bertz CT molecular complexity index is 744. The molecular formula is C17H23N5O3. The molecule has 2 aliphatic rings. The molecule has 0 radical (unpaired) electrons. The summed E-state index contributed by atoms with van der Waals surface area (Å²) < 4.78 is 0.850. The molecule has 1 saturated carbocycles. The molecule has 1 fully saturated rings. The fourth-order valence-corrected chi connectivity index (χ4v) is 3.87. The van der Waals surface area contributed by atoms with Gasteiger partial charge in [0.05, 0.1) is 0 Å². The number of nitrogens with two attached hydrogens (primary N) is 1. The van der Waals surface area contributed by atoms with Gasteiger partial charge in [0.1, 0.15) is 11.3 Å². The minimum atomic E-state index is -1.34. The molecule has 25 heavy (non-hydrogen) atoms. The molecule has 3 rings (SSSR count). The lowest BCUT2D eigenvalue weighted by Crippen LogP contribution is -2.61. The largest absolute Gasteiger partial charge is 0.622 e. The lowest BCUT2D eigenvalue weighted by atomic mass is 9.86. The van der Waals surface area contributed by atoms with Gasteiger partial charge in [0.15, 0.2) is 0 Å². The van der Waals surface area contributed by atoms with Gasteiger partial charge in [-0.05, 0) is 45.2 Å². The third kappa shape index (κ3) is 2.58. The summed E-state index contributed by atoms with van der Waals surface area (Å²) in [5.74, 6) is 0. The predicted molar refractivity (Wildman–Crippen MR) is 93.2 cm³/mol. The van der Waals surface area contributed by atoms with Crippen molar-refractivity contribution in [2.24, 2.45) is 10.8 Å². The number of hydrazone groups is 1. The number of nitrogens with zero attached hydrogens (tertiary/aromatic N) is 3. The van der Waals surface area contributed by atoms with E-state index < -0.39 is 17.2 Å². The van der Waals surface area contributed by atoms with Gasteiger partial charge in [-0.1, -0.05) is 18.2 Å². The monoisotopic (exact) mass is 345 g/mol. The van der Waals surface area contributed by atoms with Gasteiger partial charge in [-0.15, -0.1) is 5.06 Å². The van der Waals surface area contributed by atoms with Crippen LogP contribution in [0.15, 0.2) is 35.4 Å². The number of primary amides is 1. The number of hydrogen-bond donors (Lipinski definition) is 3. The maximum Gasteiger partial charge on any atom is 0.332 e. The molecule has 1 aliphatic heterocycles. The third-order valence-corrected chi connectivity index (χ3v) is 5.00. The molecule has 1 spiro atoms. The van der Waals surface area contributed by atoms with Crippen LogP contribution in [-0.2, 0) is 0 Å². The Labute approximate surface area is 146 Å². The summed E-state index contributed by atoms with van der Waals surface area (Å²) in [6.07, 6.45) is 2.49. The first-order chi connectivity index (χ1) is 11.8. The molecule has 1 heterocycles. The van der Waals surface area contributed by atoms with Gasteiger partial charge >= 0.3 is 6.03 Å². The average molecular weight is 345 g/mol. The van der Waals surface area contributed by atoms with Crippen LogP contribution in [-0.4, -0.2) is 43.7 Å². The number of hydrogen-bond acceptors (Lipinski definition) is 5. The molecule has 134 valence electrons. The van der Waals surface area contributed by atoms with Crippen LogP contribution < -0.4 is 11.2 Å². The van der Waals surface area contributed by atoms with Crippen molar-refractivity contribution in [3.8, 4) is 0 Å². The summed E-state index contributed by atoms with van der Waals surface area (Å²) in [6, 6.07) is 8.46. The quantitative estimate of drug-likeness (QED) is 0.430. The van der Waals surface area contributed by atoms with Crippen LogP contribution in [0, 0.1) is 5.21 Å².